The van der Waals surface area contributed by atoms with Crippen molar-refractivity contribution in [2.45, 2.75) is 32.7 Å². The summed E-state index contributed by atoms with van der Waals surface area (Å²) in [5, 5.41) is 18.8. The number of azo groups is 1. The van der Waals surface area contributed by atoms with Gasteiger partial charge in [-0.2, -0.15) is 10.2 Å². The fourth-order valence-electron chi connectivity index (χ4n) is 1.46. The summed E-state index contributed by atoms with van der Waals surface area (Å²) in [6.07, 6.45) is 10.5. The van der Waals surface area contributed by atoms with E-state index >= 15 is 0 Å². The van der Waals surface area contributed by atoms with E-state index in [1.54, 1.807) is 18.6 Å². The van der Waals surface area contributed by atoms with E-state index in [9.17, 15) is 0 Å². The number of nitrogens with zero attached hydrogens (tertiary/aromatic N) is 5. The van der Waals surface area contributed by atoms with Gasteiger partial charge < -0.3 is 0 Å². The number of H-pyrrole nitrogens is 1. The molecule has 0 unspecified atom stereocenters. The van der Waals surface area contributed by atoms with Gasteiger partial charge in [0, 0.05) is 12.7 Å². The quantitative estimate of drug-likeness (QED) is 0.613. The van der Waals surface area contributed by atoms with Gasteiger partial charge in [-0.3, -0.25) is 9.78 Å². The number of unbranched alkanes of at least 4 members (excludes halogenated alkanes) is 2. The van der Waals surface area contributed by atoms with Crippen LogP contribution in [0, 0.1) is 0 Å². The lowest BCUT2D eigenvalue weighted by Gasteiger charge is -1.98. The number of nitrogens with one attached hydrogen (secondary N) is 1. The summed E-state index contributed by atoms with van der Waals surface area (Å²) in [5.41, 5.74) is 1.48. The Bertz CT molecular complexity index is 456. The summed E-state index contributed by atoms with van der Waals surface area (Å²) in [6, 6.07) is 0. The van der Waals surface area contributed by atoms with E-state index in [4.69, 9.17) is 0 Å². The second-order valence-electron chi connectivity index (χ2n) is 3.83. The van der Waals surface area contributed by atoms with E-state index in [0.717, 1.165) is 18.7 Å². The molecule has 17 heavy (non-hydrogen) atoms. The lowest BCUT2D eigenvalue weighted by molar-refractivity contribution is 0.553. The fraction of sp³-hybridized carbons (Fsp3) is 0.455. The van der Waals surface area contributed by atoms with E-state index in [2.05, 4.69) is 32.4 Å². The van der Waals surface area contributed by atoms with Crippen molar-refractivity contribution < 1.29 is 0 Å². The van der Waals surface area contributed by atoms with Gasteiger partial charge in [-0.05, 0) is 6.42 Å². The highest BCUT2D eigenvalue weighted by atomic mass is 15.3. The zero-order valence-electron chi connectivity index (χ0n) is 9.87. The average Bonchev–Trinajstić information content (AvgIpc) is 2.98. The van der Waals surface area contributed by atoms with Crippen LogP contribution >= 0.6 is 0 Å². The molecule has 2 rings (SSSR count). The third kappa shape index (κ3) is 3.51. The number of aryl methyl sites for hydroxylation is 1. The predicted octanol–water partition coefficient (Wildman–Crippen LogP) is 3.21. The van der Waals surface area contributed by atoms with Crippen molar-refractivity contribution in [1.82, 2.24) is 20.0 Å². The molecule has 0 saturated heterocycles. The van der Waals surface area contributed by atoms with Gasteiger partial charge >= 0.3 is 0 Å². The van der Waals surface area contributed by atoms with Crippen LogP contribution in [0.1, 0.15) is 26.2 Å². The third-order valence-corrected chi connectivity index (χ3v) is 2.38. The first kappa shape index (κ1) is 11.5. The van der Waals surface area contributed by atoms with Crippen LogP contribution in [0.4, 0.5) is 11.4 Å². The average molecular weight is 232 g/mol. The number of aromatic amines is 1. The van der Waals surface area contributed by atoms with Crippen LogP contribution in [-0.2, 0) is 6.54 Å². The van der Waals surface area contributed by atoms with Gasteiger partial charge in [-0.15, -0.1) is 10.2 Å². The molecule has 2 aromatic rings. The first-order valence-electron chi connectivity index (χ1n) is 5.81. The van der Waals surface area contributed by atoms with Gasteiger partial charge in [0.1, 0.15) is 11.4 Å². The maximum Gasteiger partial charge on any atom is 0.124 e. The number of hydrogen-bond donors (Lipinski definition) is 1. The van der Waals surface area contributed by atoms with Crippen molar-refractivity contribution in [3.8, 4) is 0 Å². The van der Waals surface area contributed by atoms with E-state index in [1.807, 2.05) is 10.9 Å². The SMILES string of the molecule is CCCCCn1cc(/N=N/c2cn[nH]c2)cn1. The van der Waals surface area contributed by atoms with E-state index in [0.29, 0.717) is 5.69 Å². The molecular weight excluding hydrogens is 216 g/mol. The zero-order valence-corrected chi connectivity index (χ0v) is 9.87. The van der Waals surface area contributed by atoms with Crippen LogP contribution in [0.2, 0.25) is 0 Å². The predicted molar refractivity (Wildman–Crippen MR) is 64.5 cm³/mol. The number of rotatable bonds is 6. The molecule has 0 amide bonds. The highest BCUT2D eigenvalue weighted by molar-refractivity contribution is 5.33. The third-order valence-electron chi connectivity index (χ3n) is 2.38. The van der Waals surface area contributed by atoms with Gasteiger partial charge in [0.05, 0.1) is 18.6 Å². The highest BCUT2D eigenvalue weighted by Crippen LogP contribution is 2.15. The number of aromatic nitrogens is 4. The zero-order chi connectivity index (χ0) is 11.9. The summed E-state index contributed by atoms with van der Waals surface area (Å²) in [7, 11) is 0. The maximum atomic E-state index is 4.23. The Hall–Kier alpha value is -1.98. The topological polar surface area (TPSA) is 71.2 Å². The maximum absolute atomic E-state index is 4.23. The molecule has 90 valence electrons. The van der Waals surface area contributed by atoms with Crippen molar-refractivity contribution in [2.75, 3.05) is 0 Å². The lowest BCUT2D eigenvalue weighted by Crippen LogP contribution is -1.97. The number of hydrogen-bond acceptors (Lipinski definition) is 4. The van der Waals surface area contributed by atoms with E-state index in [1.165, 1.54) is 12.8 Å². The van der Waals surface area contributed by atoms with Crippen LogP contribution < -0.4 is 0 Å². The molecule has 0 radical (unpaired) electrons. The minimum atomic E-state index is 0.712. The molecule has 0 aliphatic carbocycles. The Morgan fingerprint density at radius 2 is 2.12 bits per heavy atom. The van der Waals surface area contributed by atoms with E-state index < -0.39 is 0 Å². The van der Waals surface area contributed by atoms with Crippen LogP contribution in [-0.4, -0.2) is 20.0 Å². The summed E-state index contributed by atoms with van der Waals surface area (Å²) in [5.74, 6) is 0. The van der Waals surface area contributed by atoms with Crippen LogP contribution in [0.25, 0.3) is 0 Å². The molecule has 0 aliphatic rings. The molecular formula is C11H16N6. The Labute approximate surface area is 99.8 Å². The standard InChI is InChI=1S/C11H16N6/c1-2-3-4-5-17-9-11(8-14-17)16-15-10-6-12-13-7-10/h6-9H,2-5H2,1H3,(H,12,13)/b16-15+. The molecule has 0 spiro atoms. The fourth-order valence-corrected chi connectivity index (χ4v) is 1.46. The van der Waals surface area contributed by atoms with Crippen LogP contribution in [0.15, 0.2) is 35.0 Å². The molecule has 0 atom stereocenters. The summed E-state index contributed by atoms with van der Waals surface area (Å²) in [4.78, 5) is 0. The Morgan fingerprint density at radius 3 is 2.88 bits per heavy atom. The van der Waals surface area contributed by atoms with Crippen molar-refractivity contribution >= 4 is 11.4 Å². The van der Waals surface area contributed by atoms with Gasteiger partial charge in [-0.25, -0.2) is 0 Å². The molecule has 0 bridgehead atoms. The summed E-state index contributed by atoms with van der Waals surface area (Å²) < 4.78 is 1.90. The van der Waals surface area contributed by atoms with Crippen LogP contribution in [0.5, 0.6) is 0 Å². The van der Waals surface area contributed by atoms with Crippen molar-refractivity contribution in [3.05, 3.63) is 24.8 Å². The largest absolute Gasteiger partial charge is 0.283 e. The van der Waals surface area contributed by atoms with E-state index in [-0.39, 0.29) is 0 Å². The first-order valence-corrected chi connectivity index (χ1v) is 5.81. The van der Waals surface area contributed by atoms with Gasteiger partial charge in [0.15, 0.2) is 0 Å². The molecule has 6 nitrogen and oxygen atoms in total. The lowest BCUT2D eigenvalue weighted by atomic mass is 10.2. The summed E-state index contributed by atoms with van der Waals surface area (Å²) in [6.45, 7) is 3.13. The Kier molecular flexibility index (Phi) is 4.01. The molecule has 0 saturated carbocycles. The molecule has 0 aromatic carbocycles. The second kappa shape index (κ2) is 5.93. The van der Waals surface area contributed by atoms with Crippen molar-refractivity contribution in [2.24, 2.45) is 10.2 Å². The monoisotopic (exact) mass is 232 g/mol. The summed E-state index contributed by atoms with van der Waals surface area (Å²) >= 11 is 0. The molecule has 0 aliphatic heterocycles. The Balaban J connectivity index is 1.89. The smallest absolute Gasteiger partial charge is 0.124 e. The molecule has 0 fully saturated rings. The van der Waals surface area contributed by atoms with Gasteiger partial charge in [-0.1, -0.05) is 19.8 Å². The Morgan fingerprint density at radius 1 is 1.24 bits per heavy atom. The first-order chi connectivity index (χ1) is 8.38. The molecule has 2 aromatic heterocycles. The van der Waals surface area contributed by atoms with Crippen molar-refractivity contribution in [3.63, 3.8) is 0 Å². The molecule has 1 N–H and O–H groups in total. The van der Waals surface area contributed by atoms with Crippen LogP contribution in [0.3, 0.4) is 0 Å². The van der Waals surface area contributed by atoms with Crippen molar-refractivity contribution in [1.29, 1.82) is 0 Å². The molecule has 2 heterocycles. The second-order valence-corrected chi connectivity index (χ2v) is 3.83. The van der Waals surface area contributed by atoms with Gasteiger partial charge in [0.25, 0.3) is 0 Å². The normalized spacial score (nSPS) is 11.4. The highest BCUT2D eigenvalue weighted by Gasteiger charge is 1.97. The minimum Gasteiger partial charge on any atom is -0.283 e. The minimum absolute atomic E-state index is 0.712. The van der Waals surface area contributed by atoms with Gasteiger partial charge in [0.2, 0.25) is 0 Å². The molecule has 6 heteroatoms.